The Bertz CT molecular complexity index is 1110. The molecule has 1 heterocycles. The molecule has 0 bridgehead atoms. The second-order valence-corrected chi connectivity index (χ2v) is 58.1. The first-order chi connectivity index (χ1) is 23.2. The van der Waals surface area contributed by atoms with Crippen molar-refractivity contribution in [2.24, 2.45) is 0 Å². The Balaban J connectivity index is -0.000000367. The van der Waals surface area contributed by atoms with Gasteiger partial charge in [-0.05, 0) is 148 Å². The molecule has 1 aliphatic rings. The van der Waals surface area contributed by atoms with Crippen LogP contribution in [-0.4, -0.2) is 90.8 Å². The third-order valence-electron chi connectivity index (χ3n) is 7.35. The summed E-state index contributed by atoms with van der Waals surface area (Å²) in [7, 11) is -12.1. The summed E-state index contributed by atoms with van der Waals surface area (Å²) in [5.41, 5.74) is 0.904. The van der Waals surface area contributed by atoms with Crippen LogP contribution in [0.1, 0.15) is 26.7 Å². The first-order valence-corrected chi connectivity index (χ1v) is 46.0. The average molecular weight is 912 g/mol. The summed E-state index contributed by atoms with van der Waals surface area (Å²) in [5.74, 6) is -0.608. The van der Waals surface area contributed by atoms with Crippen LogP contribution in [0.25, 0.3) is 0 Å². The second-order valence-electron chi connectivity index (χ2n) is 20.1. The molecule has 0 amide bonds. The zero-order chi connectivity index (χ0) is 42.9. The van der Waals surface area contributed by atoms with Crippen LogP contribution in [0.3, 0.4) is 0 Å². The van der Waals surface area contributed by atoms with E-state index in [2.05, 4.69) is 111 Å². The van der Waals surface area contributed by atoms with Gasteiger partial charge in [0.1, 0.15) is 0 Å². The van der Waals surface area contributed by atoms with Crippen LogP contribution in [0.5, 0.6) is 0 Å². The molecule has 0 radical (unpaired) electrons. The summed E-state index contributed by atoms with van der Waals surface area (Å²) in [6.07, 6.45) is 1.71. The van der Waals surface area contributed by atoms with Crippen molar-refractivity contribution in [2.45, 2.75) is 181 Å². The molecule has 0 aromatic heterocycles. The number of carbonyl (C=O) groups excluding carboxylic acids is 2. The first-order valence-electron chi connectivity index (χ1n) is 19.3. The van der Waals surface area contributed by atoms with Gasteiger partial charge in [-0.25, -0.2) is 9.59 Å². The Kier molecular flexibility index (Phi) is 29.8. The van der Waals surface area contributed by atoms with Crippen molar-refractivity contribution in [1.29, 1.82) is 0 Å². The maximum atomic E-state index is 11.4. The van der Waals surface area contributed by atoms with E-state index in [-0.39, 0.29) is 30.8 Å². The summed E-state index contributed by atoms with van der Waals surface area (Å²) >= 11 is 6.09. The number of ether oxygens (including phenoxy) is 2. The summed E-state index contributed by atoms with van der Waals surface area (Å²) in [6, 6.07) is 7.12. The molecular formula is C36H84ClLiO8Si8. The maximum Gasteiger partial charge on any atom is 1.00 e. The molecule has 0 unspecified atom stereocenters. The van der Waals surface area contributed by atoms with Crippen LogP contribution >= 0.6 is 11.1 Å². The SMILES string of the molecule is C=C(C)C(=O)OCCC[Si](C)(C)Cl.C=C(C)C(=O)OCCC[Si](C)(C)O[Si](C)(C)CC[Si](C)(C)O[Si](C)(C)C.C[Si](C)(C)[O-].C[Si]1(C)CC[Si](C)(C)O1.[Li+]. The van der Waals surface area contributed by atoms with Gasteiger partial charge in [-0.3, -0.25) is 0 Å². The molecule has 0 atom stereocenters. The first kappa shape index (κ1) is 61.5. The predicted molar refractivity (Wildman–Crippen MR) is 250 cm³/mol. The van der Waals surface area contributed by atoms with Crippen LogP contribution in [0, 0.1) is 0 Å². The van der Waals surface area contributed by atoms with Crippen molar-refractivity contribution in [1.82, 2.24) is 0 Å². The fraction of sp³-hybridized carbons (Fsp3) is 0.833. The van der Waals surface area contributed by atoms with Gasteiger partial charge in [0, 0.05) is 11.1 Å². The summed E-state index contributed by atoms with van der Waals surface area (Å²) in [4.78, 5) is 32.6. The zero-order valence-electron chi connectivity index (χ0n) is 39.1. The molecule has 0 aromatic rings. The van der Waals surface area contributed by atoms with Gasteiger partial charge in [-0.1, -0.05) is 54.2 Å². The Labute approximate surface area is 359 Å². The minimum atomic E-state index is -1.86. The number of hydrogen-bond acceptors (Lipinski definition) is 8. The molecule has 0 aromatic carbocycles. The van der Waals surface area contributed by atoms with Gasteiger partial charge < -0.3 is 26.6 Å². The Morgan fingerprint density at radius 3 is 1.19 bits per heavy atom. The molecule has 1 rings (SSSR count). The number of hydrogen-bond donors (Lipinski definition) is 0. The van der Waals surface area contributed by atoms with E-state index in [0.29, 0.717) is 24.4 Å². The second kappa shape index (κ2) is 26.2. The average Bonchev–Trinajstić information content (AvgIpc) is 3.15. The summed E-state index contributed by atoms with van der Waals surface area (Å²) in [5, 5.41) is 0. The third-order valence-corrected chi connectivity index (χ3v) is 31.3. The smallest absolute Gasteiger partial charge is 0.859 e. The normalized spacial score (nSPS) is 15.4. The van der Waals surface area contributed by atoms with E-state index in [4.69, 9.17) is 32.9 Å². The monoisotopic (exact) mass is 910 g/mol. The van der Waals surface area contributed by atoms with E-state index in [1.165, 1.54) is 18.1 Å². The van der Waals surface area contributed by atoms with Crippen molar-refractivity contribution in [2.75, 3.05) is 13.2 Å². The Hall–Kier alpha value is 0.882. The van der Waals surface area contributed by atoms with E-state index < -0.39 is 65.6 Å². The van der Waals surface area contributed by atoms with Gasteiger partial charge in [0.05, 0.1) is 13.2 Å². The van der Waals surface area contributed by atoms with E-state index in [1.807, 2.05) is 0 Å². The van der Waals surface area contributed by atoms with E-state index in [1.54, 1.807) is 33.5 Å². The summed E-state index contributed by atoms with van der Waals surface area (Å²) in [6.45, 7) is 50.8. The van der Waals surface area contributed by atoms with Crippen molar-refractivity contribution < 1.29 is 55.1 Å². The van der Waals surface area contributed by atoms with Gasteiger partial charge >= 0.3 is 30.8 Å². The number of carbonyl (C=O) groups is 2. The number of esters is 2. The van der Waals surface area contributed by atoms with E-state index in [0.717, 1.165) is 31.0 Å². The van der Waals surface area contributed by atoms with Crippen molar-refractivity contribution in [3.8, 4) is 0 Å². The fourth-order valence-corrected chi connectivity index (χ4v) is 38.0. The van der Waals surface area contributed by atoms with Crippen LogP contribution in [0.15, 0.2) is 24.3 Å². The van der Waals surface area contributed by atoms with Crippen LogP contribution < -0.4 is 23.7 Å². The number of halogens is 1. The van der Waals surface area contributed by atoms with Gasteiger partial charge in [0.15, 0.2) is 57.3 Å². The maximum absolute atomic E-state index is 11.4. The van der Waals surface area contributed by atoms with Crippen LogP contribution in [0.4, 0.5) is 0 Å². The molecule has 8 nitrogen and oxygen atoms in total. The van der Waals surface area contributed by atoms with Gasteiger partial charge in [-0.2, -0.15) is 11.1 Å². The molecule has 18 heteroatoms. The quantitative estimate of drug-likeness (QED) is 0.0471. The molecule has 1 fully saturated rings. The minimum absolute atomic E-state index is 0. The van der Waals surface area contributed by atoms with Crippen molar-refractivity contribution in [3.05, 3.63) is 24.3 Å². The van der Waals surface area contributed by atoms with Gasteiger partial charge in [0.2, 0.25) is 0 Å². The molecule has 0 spiro atoms. The fourth-order valence-electron chi connectivity index (χ4n) is 5.35. The molecule has 0 saturated carbocycles. The van der Waals surface area contributed by atoms with E-state index >= 15 is 0 Å². The standard InChI is InChI=1S/C18H42O4Si4.C9H17ClO2Si.C6H16OSi2.C3H9OSi.Li/c1-17(2)18(19)20-13-12-14-24(6,7)22-26(10,11)16-15-25(8,9)21-23(3,4)5;1-8(2)9(11)12-6-5-7-13(3,4)10;1-8(2)5-6-9(3,4)7-8;1-5(2,3)4;/h1,12-16H2,2-11H3;1,5-7H2,2-4H3;5-6H2,1-4H3;1-3H3;/q;;;-1;+1. The van der Waals surface area contributed by atoms with Gasteiger partial charge in [-0.15, -0.1) is 0 Å². The number of rotatable bonds is 17. The largest absolute Gasteiger partial charge is 1.00 e. The topological polar surface area (TPSA) is 103 Å². The Morgan fingerprint density at radius 2 is 0.926 bits per heavy atom. The molecule has 0 N–H and O–H groups in total. The molecule has 1 saturated heterocycles. The minimum Gasteiger partial charge on any atom is -0.859 e. The zero-order valence-corrected chi connectivity index (χ0v) is 47.9. The van der Waals surface area contributed by atoms with Crippen molar-refractivity contribution >= 4 is 88.6 Å². The van der Waals surface area contributed by atoms with Crippen LogP contribution in [-0.2, 0) is 31.4 Å². The van der Waals surface area contributed by atoms with Crippen LogP contribution in [0.2, 0.25) is 154 Å². The summed E-state index contributed by atoms with van der Waals surface area (Å²) < 4.78 is 29.3. The molecule has 0 aliphatic carbocycles. The molecule has 54 heavy (non-hydrogen) atoms. The predicted octanol–water partition coefficient (Wildman–Crippen LogP) is 8.53. The molecular weight excluding hydrogens is 827 g/mol. The molecule has 1 aliphatic heterocycles. The van der Waals surface area contributed by atoms with E-state index in [9.17, 15) is 14.4 Å². The Morgan fingerprint density at radius 1 is 0.630 bits per heavy atom. The van der Waals surface area contributed by atoms with Gasteiger partial charge in [0.25, 0.3) is 0 Å². The molecule has 316 valence electrons. The third kappa shape index (κ3) is 44.0. The van der Waals surface area contributed by atoms with Crippen molar-refractivity contribution in [3.63, 3.8) is 0 Å².